The van der Waals surface area contributed by atoms with E-state index in [1.807, 2.05) is 0 Å². The van der Waals surface area contributed by atoms with E-state index >= 15 is 0 Å². The van der Waals surface area contributed by atoms with Gasteiger partial charge < -0.3 is 4.52 Å². The van der Waals surface area contributed by atoms with Gasteiger partial charge in [-0.15, -0.1) is 0 Å². The summed E-state index contributed by atoms with van der Waals surface area (Å²) in [6.07, 6.45) is 1.16. The van der Waals surface area contributed by atoms with E-state index in [-0.39, 0.29) is 21.8 Å². The zero-order chi connectivity index (χ0) is 15.8. The van der Waals surface area contributed by atoms with E-state index < -0.39 is 26.5 Å². The van der Waals surface area contributed by atoms with Crippen LogP contribution < -0.4 is 4.72 Å². The van der Waals surface area contributed by atoms with Crippen LogP contribution in [0.4, 0.5) is 15.9 Å². The van der Waals surface area contributed by atoms with Crippen molar-refractivity contribution >= 4 is 21.5 Å². The quantitative estimate of drug-likeness (QED) is 0.682. The second kappa shape index (κ2) is 5.13. The maximum atomic E-state index is 13.6. The molecule has 1 aromatic heterocycles. The Labute approximate surface area is 118 Å². The van der Waals surface area contributed by atoms with Gasteiger partial charge in [0.05, 0.1) is 10.5 Å². The van der Waals surface area contributed by atoms with Crippen molar-refractivity contribution in [2.75, 3.05) is 4.72 Å². The highest BCUT2D eigenvalue weighted by atomic mass is 32.2. The molecule has 1 N–H and O–H groups in total. The summed E-state index contributed by atoms with van der Waals surface area (Å²) < 4.78 is 44.8. The van der Waals surface area contributed by atoms with E-state index in [9.17, 15) is 22.9 Å². The summed E-state index contributed by atoms with van der Waals surface area (Å²) in [6, 6.07) is 2.07. The third kappa shape index (κ3) is 2.70. The lowest BCUT2D eigenvalue weighted by molar-refractivity contribution is -0.388. The van der Waals surface area contributed by atoms with Crippen LogP contribution in [0, 0.1) is 29.8 Å². The zero-order valence-electron chi connectivity index (χ0n) is 11.0. The van der Waals surface area contributed by atoms with Gasteiger partial charge in [0.2, 0.25) is 5.82 Å². The number of aryl methyl sites for hydroxylation is 1. The van der Waals surface area contributed by atoms with Crippen molar-refractivity contribution in [2.45, 2.75) is 18.7 Å². The molecule has 21 heavy (non-hydrogen) atoms. The SMILES string of the molecule is Cc1cc(F)c([N+](=O)[O-])c(C)c1S(=O)(=O)Nc1ccon1. The number of benzene rings is 1. The molecule has 0 spiro atoms. The molecule has 0 saturated carbocycles. The number of anilines is 1. The highest BCUT2D eigenvalue weighted by Crippen LogP contribution is 2.31. The zero-order valence-corrected chi connectivity index (χ0v) is 11.8. The molecular weight excluding hydrogens is 305 g/mol. The molecule has 0 atom stereocenters. The fourth-order valence-electron chi connectivity index (χ4n) is 2.00. The second-order valence-corrected chi connectivity index (χ2v) is 5.84. The van der Waals surface area contributed by atoms with Crippen LogP contribution in [0.15, 0.2) is 27.8 Å². The van der Waals surface area contributed by atoms with Crippen LogP contribution in [0.5, 0.6) is 0 Å². The lowest BCUT2D eigenvalue weighted by Crippen LogP contribution is -2.17. The molecule has 8 nitrogen and oxygen atoms in total. The average Bonchev–Trinajstić information content (AvgIpc) is 2.78. The van der Waals surface area contributed by atoms with Crippen molar-refractivity contribution in [3.05, 3.63) is 45.5 Å². The number of hydrogen-bond donors (Lipinski definition) is 1. The fourth-order valence-corrected chi connectivity index (χ4v) is 3.46. The maximum absolute atomic E-state index is 13.6. The summed E-state index contributed by atoms with van der Waals surface area (Å²) in [5, 5.41) is 14.3. The lowest BCUT2D eigenvalue weighted by Gasteiger charge is -2.12. The Morgan fingerprint density at radius 3 is 2.62 bits per heavy atom. The van der Waals surface area contributed by atoms with E-state index in [0.717, 1.165) is 12.3 Å². The van der Waals surface area contributed by atoms with Gasteiger partial charge in [0.25, 0.3) is 10.0 Å². The normalized spacial score (nSPS) is 11.4. The average molecular weight is 315 g/mol. The van der Waals surface area contributed by atoms with Crippen molar-refractivity contribution in [1.29, 1.82) is 0 Å². The Kier molecular flexibility index (Phi) is 3.64. The number of nitrogens with one attached hydrogen (secondary N) is 1. The molecule has 112 valence electrons. The van der Waals surface area contributed by atoms with Crippen LogP contribution in [-0.2, 0) is 10.0 Å². The Balaban J connectivity index is 2.63. The van der Waals surface area contributed by atoms with Gasteiger partial charge in [-0.1, -0.05) is 5.16 Å². The van der Waals surface area contributed by atoms with E-state index in [1.54, 1.807) is 0 Å². The molecular formula is C11H10FN3O5S. The number of hydrogen-bond acceptors (Lipinski definition) is 6. The van der Waals surface area contributed by atoms with Crippen molar-refractivity contribution < 1.29 is 22.3 Å². The molecule has 0 bridgehead atoms. The van der Waals surface area contributed by atoms with Gasteiger partial charge in [-0.2, -0.15) is 4.39 Å². The van der Waals surface area contributed by atoms with E-state index in [4.69, 9.17) is 0 Å². The molecule has 0 radical (unpaired) electrons. The van der Waals surface area contributed by atoms with Crippen LogP contribution in [0.2, 0.25) is 0 Å². The number of rotatable bonds is 4. The molecule has 0 amide bonds. The Hall–Kier alpha value is -2.49. The first kappa shape index (κ1) is 14.9. The minimum Gasteiger partial charge on any atom is -0.363 e. The smallest absolute Gasteiger partial charge is 0.309 e. The van der Waals surface area contributed by atoms with Crippen LogP contribution in [0.3, 0.4) is 0 Å². The van der Waals surface area contributed by atoms with Crippen molar-refractivity contribution in [3.8, 4) is 0 Å². The van der Waals surface area contributed by atoms with Crippen molar-refractivity contribution in [1.82, 2.24) is 5.16 Å². The van der Waals surface area contributed by atoms with Crippen LogP contribution in [0.1, 0.15) is 11.1 Å². The third-order valence-electron chi connectivity index (χ3n) is 2.75. The summed E-state index contributed by atoms with van der Waals surface area (Å²) in [4.78, 5) is 9.55. The molecule has 1 heterocycles. The lowest BCUT2D eigenvalue weighted by atomic mass is 10.1. The van der Waals surface area contributed by atoms with Gasteiger partial charge in [0, 0.05) is 6.07 Å². The molecule has 0 aliphatic rings. The molecule has 0 aliphatic carbocycles. The largest absolute Gasteiger partial charge is 0.363 e. The minimum absolute atomic E-state index is 0.0478. The second-order valence-electron chi connectivity index (χ2n) is 4.23. The summed E-state index contributed by atoms with van der Waals surface area (Å²) in [5.74, 6) is -1.17. The molecule has 0 aliphatic heterocycles. The monoisotopic (exact) mass is 315 g/mol. The van der Waals surface area contributed by atoms with Gasteiger partial charge in [0.15, 0.2) is 5.82 Å². The summed E-state index contributed by atoms with van der Waals surface area (Å²) in [6.45, 7) is 2.52. The van der Waals surface area contributed by atoms with Gasteiger partial charge in [-0.05, 0) is 25.5 Å². The van der Waals surface area contributed by atoms with Gasteiger partial charge in [0.1, 0.15) is 11.2 Å². The maximum Gasteiger partial charge on any atom is 0.309 e. The third-order valence-corrected chi connectivity index (χ3v) is 4.39. The Morgan fingerprint density at radius 2 is 2.10 bits per heavy atom. The number of nitrogens with zero attached hydrogens (tertiary/aromatic N) is 2. The number of sulfonamides is 1. The van der Waals surface area contributed by atoms with E-state index in [1.165, 1.54) is 19.9 Å². The van der Waals surface area contributed by atoms with Crippen LogP contribution in [-0.4, -0.2) is 18.5 Å². The molecule has 0 saturated heterocycles. The summed E-state index contributed by atoms with van der Waals surface area (Å²) in [5.41, 5.74) is -1.11. The first-order valence-electron chi connectivity index (χ1n) is 5.61. The number of halogens is 1. The minimum atomic E-state index is -4.16. The molecule has 0 unspecified atom stereocenters. The van der Waals surface area contributed by atoms with E-state index in [2.05, 4.69) is 14.4 Å². The first-order valence-corrected chi connectivity index (χ1v) is 7.09. The van der Waals surface area contributed by atoms with E-state index in [0.29, 0.717) is 0 Å². The molecule has 2 rings (SSSR count). The summed E-state index contributed by atoms with van der Waals surface area (Å²) >= 11 is 0. The number of nitro benzene ring substituents is 1. The Morgan fingerprint density at radius 1 is 1.43 bits per heavy atom. The number of aromatic nitrogens is 1. The highest BCUT2D eigenvalue weighted by molar-refractivity contribution is 7.92. The van der Waals surface area contributed by atoms with Crippen molar-refractivity contribution in [3.63, 3.8) is 0 Å². The van der Waals surface area contributed by atoms with Crippen LogP contribution >= 0.6 is 0 Å². The molecule has 2 aromatic rings. The topological polar surface area (TPSA) is 115 Å². The van der Waals surface area contributed by atoms with Crippen LogP contribution in [0.25, 0.3) is 0 Å². The van der Waals surface area contributed by atoms with Gasteiger partial charge in [-0.3, -0.25) is 14.8 Å². The van der Waals surface area contributed by atoms with Gasteiger partial charge in [-0.25, -0.2) is 8.42 Å². The molecule has 1 aromatic carbocycles. The Bertz CT molecular complexity index is 802. The standard InChI is InChI=1S/C11H10FN3O5S/c1-6-5-8(12)10(15(16)17)7(2)11(6)21(18,19)14-9-3-4-20-13-9/h3-5H,1-2H3,(H,13,14). The van der Waals surface area contributed by atoms with Crippen molar-refractivity contribution in [2.24, 2.45) is 0 Å². The van der Waals surface area contributed by atoms with Gasteiger partial charge >= 0.3 is 5.69 Å². The predicted molar refractivity (Wildman–Crippen MR) is 69.8 cm³/mol. The highest BCUT2D eigenvalue weighted by Gasteiger charge is 2.29. The summed E-state index contributed by atoms with van der Waals surface area (Å²) in [7, 11) is -4.16. The fraction of sp³-hybridized carbons (Fsp3) is 0.182. The molecule has 10 heteroatoms. The first-order chi connectivity index (χ1) is 9.74. The molecule has 0 fully saturated rings. The predicted octanol–water partition coefficient (Wildman–Crippen LogP) is 2.14. The number of nitro groups is 1.